The third kappa shape index (κ3) is 4.13. The molecule has 0 bridgehead atoms. The van der Waals surface area contributed by atoms with Gasteiger partial charge < -0.3 is 15.2 Å². The van der Waals surface area contributed by atoms with Crippen LogP contribution in [-0.4, -0.2) is 37.7 Å². The number of primary amides is 1. The molecule has 1 heterocycles. The van der Waals surface area contributed by atoms with Crippen LogP contribution in [0.4, 0.5) is 4.79 Å². The van der Waals surface area contributed by atoms with Gasteiger partial charge in [-0.05, 0) is 43.0 Å². The fourth-order valence-electron chi connectivity index (χ4n) is 4.57. The van der Waals surface area contributed by atoms with E-state index < -0.39 is 6.03 Å². The topological polar surface area (TPSA) is 98.3 Å². The molecule has 0 spiro atoms. The normalized spacial score (nSPS) is 20.2. The molecule has 1 aliphatic heterocycles. The smallest absolute Gasteiger partial charge is 0.332 e. The maximum absolute atomic E-state index is 10.9. The van der Waals surface area contributed by atoms with Gasteiger partial charge in [0.25, 0.3) is 0 Å². The number of carbonyl (C=O) groups excluding carboxylic acids is 1. The van der Waals surface area contributed by atoms with Gasteiger partial charge in [-0.1, -0.05) is 37.1 Å². The third-order valence-corrected chi connectivity index (χ3v) is 6.14. The van der Waals surface area contributed by atoms with Gasteiger partial charge in [-0.25, -0.2) is 10.2 Å². The molecule has 7 nitrogen and oxygen atoms in total. The van der Waals surface area contributed by atoms with Crippen LogP contribution in [0.25, 0.3) is 0 Å². The zero-order valence-electron chi connectivity index (χ0n) is 18.1. The molecule has 3 N–H and O–H groups in total. The summed E-state index contributed by atoms with van der Waals surface area (Å²) in [5.74, 6) is 1.89. The van der Waals surface area contributed by atoms with E-state index >= 15 is 0 Å². The van der Waals surface area contributed by atoms with E-state index in [2.05, 4.69) is 22.7 Å². The number of urea groups is 1. The number of methoxy groups -OCH3 is 2. The summed E-state index contributed by atoms with van der Waals surface area (Å²) in [5, 5.41) is 4.00. The molecule has 2 atom stereocenters. The van der Waals surface area contributed by atoms with Crippen molar-refractivity contribution in [2.45, 2.75) is 44.6 Å². The molecule has 162 valence electrons. The highest BCUT2D eigenvalue weighted by Crippen LogP contribution is 2.44. The fraction of sp³-hybridized carbons (Fsp3) is 0.375. The van der Waals surface area contributed by atoms with Crippen LogP contribution in [0.2, 0.25) is 0 Å². The van der Waals surface area contributed by atoms with E-state index in [0.29, 0.717) is 17.4 Å². The molecule has 2 aromatic carbocycles. The van der Waals surface area contributed by atoms with Crippen LogP contribution in [0, 0.1) is 0 Å². The summed E-state index contributed by atoms with van der Waals surface area (Å²) in [6.45, 7) is 1.82. The third-order valence-electron chi connectivity index (χ3n) is 6.14. The first-order chi connectivity index (χ1) is 15.0. The van der Waals surface area contributed by atoms with Crippen LogP contribution in [0.15, 0.2) is 46.5 Å². The molecule has 0 radical (unpaired) electrons. The average Bonchev–Trinajstić information content (AvgIpc) is 2.81. The molecule has 0 aromatic heterocycles. The van der Waals surface area contributed by atoms with Crippen molar-refractivity contribution < 1.29 is 14.3 Å². The Bertz CT molecular complexity index is 1040. The van der Waals surface area contributed by atoms with Crippen molar-refractivity contribution in [3.8, 4) is 11.5 Å². The second-order valence-corrected chi connectivity index (χ2v) is 7.98. The number of amides is 2. The first-order valence-corrected chi connectivity index (χ1v) is 10.6. The van der Waals surface area contributed by atoms with Gasteiger partial charge in [-0.15, -0.1) is 0 Å². The van der Waals surface area contributed by atoms with Crippen LogP contribution in [-0.2, 0) is 0 Å². The lowest BCUT2D eigenvalue weighted by Gasteiger charge is -2.35. The first kappa shape index (κ1) is 20.9. The van der Waals surface area contributed by atoms with E-state index in [1.54, 1.807) is 14.2 Å². The Morgan fingerprint density at radius 3 is 2.45 bits per heavy atom. The van der Waals surface area contributed by atoms with Crippen molar-refractivity contribution in [2.24, 2.45) is 15.8 Å². The molecule has 1 aliphatic carbocycles. The number of hydrazone groups is 1. The maximum Gasteiger partial charge on any atom is 0.332 e. The van der Waals surface area contributed by atoms with E-state index in [9.17, 15) is 4.79 Å². The molecule has 7 heteroatoms. The van der Waals surface area contributed by atoms with E-state index in [1.165, 1.54) is 18.4 Å². The number of ether oxygens (including phenoxy) is 2. The summed E-state index contributed by atoms with van der Waals surface area (Å²) < 4.78 is 11.2. The molecule has 0 unspecified atom stereocenters. The molecule has 1 saturated carbocycles. The second-order valence-electron chi connectivity index (χ2n) is 7.98. The Hall–Kier alpha value is -3.35. The lowest BCUT2D eigenvalue weighted by atomic mass is 9.75. The van der Waals surface area contributed by atoms with Crippen molar-refractivity contribution in [3.05, 3.63) is 58.7 Å². The Balaban J connectivity index is 1.75. The minimum atomic E-state index is -0.685. The summed E-state index contributed by atoms with van der Waals surface area (Å²) in [6, 6.07) is 11.8. The van der Waals surface area contributed by atoms with E-state index in [1.807, 2.05) is 31.2 Å². The minimum Gasteiger partial charge on any atom is -0.493 e. The molecular formula is C24H28N4O3. The highest BCUT2D eigenvalue weighted by molar-refractivity contribution is 6.15. The zero-order chi connectivity index (χ0) is 22.0. The number of aliphatic imine (C=N–C) groups is 1. The number of fused-ring (bicyclic) bond motifs is 3. The summed E-state index contributed by atoms with van der Waals surface area (Å²) in [4.78, 5) is 16.1. The van der Waals surface area contributed by atoms with Crippen LogP contribution >= 0.6 is 0 Å². The standard InChI is InChI=1S/C24H28N4O3/c1-14(27-28-24(25)29)15-8-10-16(11-9-15)23-19-13-22(31-3)21(30-2)12-18(19)17-6-4-5-7-20(17)26-23/h8-13,17,20H,4-7H2,1-3H3,(H3,25,28,29)/t17-,20-/m1/s1. The largest absolute Gasteiger partial charge is 0.493 e. The quantitative estimate of drug-likeness (QED) is 0.565. The van der Waals surface area contributed by atoms with E-state index in [-0.39, 0.29) is 6.04 Å². The van der Waals surface area contributed by atoms with Gasteiger partial charge in [-0.2, -0.15) is 5.10 Å². The number of hydrogen-bond acceptors (Lipinski definition) is 5. The number of nitrogens with one attached hydrogen (secondary N) is 1. The number of nitrogens with zero attached hydrogens (tertiary/aromatic N) is 2. The van der Waals surface area contributed by atoms with Gasteiger partial charge in [0.05, 0.1) is 31.7 Å². The van der Waals surface area contributed by atoms with Gasteiger partial charge in [0.2, 0.25) is 0 Å². The van der Waals surface area contributed by atoms with E-state index in [0.717, 1.165) is 41.0 Å². The van der Waals surface area contributed by atoms with E-state index in [4.69, 9.17) is 20.2 Å². The average molecular weight is 421 g/mol. The minimum absolute atomic E-state index is 0.289. The van der Waals surface area contributed by atoms with Gasteiger partial charge in [0.15, 0.2) is 11.5 Å². The molecule has 1 fully saturated rings. The Kier molecular flexibility index (Phi) is 5.93. The number of carbonyl (C=O) groups is 1. The molecule has 2 aromatic rings. The van der Waals surface area contributed by atoms with Gasteiger partial charge in [-0.3, -0.25) is 4.99 Å². The molecule has 0 saturated heterocycles. The van der Waals surface area contributed by atoms with Crippen molar-refractivity contribution in [3.63, 3.8) is 0 Å². The molecule has 4 rings (SSSR count). The van der Waals surface area contributed by atoms with Crippen molar-refractivity contribution in [1.82, 2.24) is 5.43 Å². The highest BCUT2D eigenvalue weighted by atomic mass is 16.5. The maximum atomic E-state index is 10.9. The molecule has 31 heavy (non-hydrogen) atoms. The number of benzene rings is 2. The van der Waals surface area contributed by atoms with Crippen LogP contribution in [0.5, 0.6) is 11.5 Å². The second kappa shape index (κ2) is 8.79. The number of nitrogens with two attached hydrogens (primary N) is 1. The summed E-state index contributed by atoms with van der Waals surface area (Å²) in [5.41, 5.74) is 13.4. The van der Waals surface area contributed by atoms with Crippen molar-refractivity contribution in [1.29, 1.82) is 0 Å². The van der Waals surface area contributed by atoms with Crippen molar-refractivity contribution in [2.75, 3.05) is 14.2 Å². The van der Waals surface area contributed by atoms with Crippen LogP contribution in [0.1, 0.15) is 60.8 Å². The summed E-state index contributed by atoms with van der Waals surface area (Å²) in [7, 11) is 3.33. The van der Waals surface area contributed by atoms with Crippen molar-refractivity contribution >= 4 is 17.5 Å². The molecule has 2 amide bonds. The number of hydrogen-bond donors (Lipinski definition) is 2. The molecule has 2 aliphatic rings. The SMILES string of the molecule is COc1cc2c(cc1OC)[C@H]1CCCC[C@H]1N=C2c1ccc(C(C)=NNC(N)=O)cc1. The van der Waals surface area contributed by atoms with Gasteiger partial charge >= 0.3 is 6.03 Å². The van der Waals surface area contributed by atoms with Gasteiger partial charge in [0.1, 0.15) is 0 Å². The first-order valence-electron chi connectivity index (χ1n) is 10.6. The Morgan fingerprint density at radius 1 is 1.10 bits per heavy atom. The predicted molar refractivity (Wildman–Crippen MR) is 122 cm³/mol. The van der Waals surface area contributed by atoms with Gasteiger partial charge in [0, 0.05) is 17.0 Å². The molecular weight excluding hydrogens is 392 g/mol. The lowest BCUT2D eigenvalue weighted by molar-refractivity contribution is 0.249. The Labute approximate surface area is 182 Å². The summed E-state index contributed by atoms with van der Waals surface area (Å²) >= 11 is 0. The monoisotopic (exact) mass is 420 g/mol. The lowest BCUT2D eigenvalue weighted by Crippen LogP contribution is -2.29. The fourth-order valence-corrected chi connectivity index (χ4v) is 4.57. The number of rotatable bonds is 5. The van der Waals surface area contributed by atoms with Crippen LogP contribution < -0.4 is 20.6 Å². The summed E-state index contributed by atoms with van der Waals surface area (Å²) in [6.07, 6.45) is 4.68. The Morgan fingerprint density at radius 2 is 1.77 bits per heavy atom. The van der Waals surface area contributed by atoms with Crippen LogP contribution in [0.3, 0.4) is 0 Å². The predicted octanol–water partition coefficient (Wildman–Crippen LogP) is 3.97. The highest BCUT2D eigenvalue weighted by Gasteiger charge is 2.34. The zero-order valence-corrected chi connectivity index (χ0v) is 18.1.